The number of carbonyl (C=O) groups excluding carboxylic acids is 1. The topological polar surface area (TPSA) is 88.2 Å². The number of benzene rings is 3. The monoisotopic (exact) mass is 463 g/mol. The van der Waals surface area contributed by atoms with E-state index in [4.69, 9.17) is 0 Å². The number of nitrogens with one attached hydrogen (secondary N) is 2. The third-order valence-corrected chi connectivity index (χ3v) is 6.72. The Labute approximate surface area is 191 Å². The zero-order valence-corrected chi connectivity index (χ0v) is 18.6. The van der Waals surface area contributed by atoms with Crippen LogP contribution >= 0.6 is 0 Å². The van der Waals surface area contributed by atoms with Crippen LogP contribution in [0.3, 0.4) is 0 Å². The molecule has 0 spiro atoms. The molecule has 2 N–H and O–H groups in total. The fraction of sp³-hybridized carbons (Fsp3) is 0.120. The van der Waals surface area contributed by atoms with E-state index in [2.05, 4.69) is 15.0 Å². The van der Waals surface area contributed by atoms with Crippen LogP contribution in [0.1, 0.15) is 11.1 Å². The maximum atomic E-state index is 13.9. The van der Waals surface area contributed by atoms with Crippen LogP contribution in [0.25, 0.3) is 10.9 Å². The third-order valence-electron chi connectivity index (χ3n) is 5.22. The van der Waals surface area contributed by atoms with Crippen molar-refractivity contribution in [3.63, 3.8) is 0 Å². The molecular weight excluding hydrogens is 441 g/mol. The molecular formula is C25H22FN3O3S. The number of rotatable bonds is 7. The largest absolute Gasteiger partial charge is 0.325 e. The normalized spacial score (nSPS) is 12.4. The summed E-state index contributed by atoms with van der Waals surface area (Å²) in [5.74, 6) is -1.06. The number of carbonyl (C=O) groups is 1. The Morgan fingerprint density at radius 1 is 1.00 bits per heavy atom. The Hall–Kier alpha value is -3.62. The second-order valence-corrected chi connectivity index (χ2v) is 9.33. The number of amides is 1. The number of hydrogen-bond acceptors (Lipinski definition) is 4. The summed E-state index contributed by atoms with van der Waals surface area (Å²) in [7, 11) is -4.11. The molecule has 0 aliphatic rings. The molecule has 0 radical (unpaired) electrons. The maximum absolute atomic E-state index is 13.9. The Morgan fingerprint density at radius 2 is 1.76 bits per heavy atom. The van der Waals surface area contributed by atoms with Gasteiger partial charge in [0.25, 0.3) is 0 Å². The number of fused-ring (bicyclic) bond motifs is 1. The Bertz CT molecular complexity index is 1400. The van der Waals surface area contributed by atoms with Crippen LogP contribution in [0.2, 0.25) is 0 Å². The molecule has 0 aliphatic heterocycles. The molecule has 0 unspecified atom stereocenters. The molecule has 0 saturated carbocycles. The lowest BCUT2D eigenvalue weighted by atomic mass is 10.1. The number of halogens is 1. The molecule has 6 nitrogen and oxygen atoms in total. The molecule has 1 heterocycles. The van der Waals surface area contributed by atoms with E-state index >= 15 is 0 Å². The lowest BCUT2D eigenvalue weighted by Gasteiger charge is -2.19. The van der Waals surface area contributed by atoms with Gasteiger partial charge < -0.3 is 5.32 Å². The fourth-order valence-electron chi connectivity index (χ4n) is 3.48. The summed E-state index contributed by atoms with van der Waals surface area (Å²) in [5.41, 5.74) is 1.77. The van der Waals surface area contributed by atoms with Gasteiger partial charge in [-0.2, -0.15) is 4.72 Å². The zero-order chi connectivity index (χ0) is 23.4. The average Bonchev–Trinajstić information content (AvgIpc) is 2.81. The molecule has 4 rings (SSSR count). The lowest BCUT2D eigenvalue weighted by Crippen LogP contribution is -2.45. The van der Waals surface area contributed by atoms with Crippen LogP contribution in [0.5, 0.6) is 0 Å². The molecule has 1 aromatic heterocycles. The summed E-state index contributed by atoms with van der Waals surface area (Å²) in [6, 6.07) is 20.6. The van der Waals surface area contributed by atoms with Gasteiger partial charge in [-0.15, -0.1) is 0 Å². The first kappa shape index (κ1) is 22.6. The minimum atomic E-state index is -4.11. The average molecular weight is 464 g/mol. The molecule has 1 amide bonds. The van der Waals surface area contributed by atoms with Crippen molar-refractivity contribution in [2.45, 2.75) is 24.3 Å². The first-order valence-electron chi connectivity index (χ1n) is 10.3. The van der Waals surface area contributed by atoms with Crippen LogP contribution in [-0.2, 0) is 21.2 Å². The Balaban J connectivity index is 1.66. The number of anilines is 1. The van der Waals surface area contributed by atoms with Crippen LogP contribution < -0.4 is 10.0 Å². The number of nitrogens with zero attached hydrogens (tertiary/aromatic N) is 1. The van der Waals surface area contributed by atoms with Gasteiger partial charge >= 0.3 is 0 Å². The first-order valence-corrected chi connectivity index (χ1v) is 11.8. The SMILES string of the molecule is Cc1ccc(NC(=O)[C@H](Cc2ccccc2)NS(=O)(=O)c2cccc3cccnc23)cc1F. The number of aromatic nitrogens is 1. The molecule has 0 fully saturated rings. The van der Waals surface area contributed by atoms with Gasteiger partial charge in [0.2, 0.25) is 15.9 Å². The maximum Gasteiger partial charge on any atom is 0.243 e. The smallest absolute Gasteiger partial charge is 0.243 e. The molecule has 33 heavy (non-hydrogen) atoms. The fourth-order valence-corrected chi connectivity index (χ4v) is 4.86. The summed E-state index contributed by atoms with van der Waals surface area (Å²) < 4.78 is 43.1. The van der Waals surface area contributed by atoms with E-state index in [0.717, 1.165) is 5.56 Å². The van der Waals surface area contributed by atoms with Crippen molar-refractivity contribution in [1.82, 2.24) is 9.71 Å². The minimum Gasteiger partial charge on any atom is -0.325 e. The quantitative estimate of drug-likeness (QED) is 0.430. The Kier molecular flexibility index (Phi) is 6.48. The van der Waals surface area contributed by atoms with Crippen molar-refractivity contribution in [3.05, 3.63) is 102 Å². The molecule has 1 atom stereocenters. The Morgan fingerprint density at radius 3 is 2.52 bits per heavy atom. The van der Waals surface area contributed by atoms with E-state index < -0.39 is 27.8 Å². The number of hydrogen-bond donors (Lipinski definition) is 2. The number of pyridine rings is 1. The van der Waals surface area contributed by atoms with Crippen molar-refractivity contribution in [1.29, 1.82) is 0 Å². The minimum absolute atomic E-state index is 0.0205. The van der Waals surface area contributed by atoms with Gasteiger partial charge in [0.05, 0.1) is 5.52 Å². The van der Waals surface area contributed by atoms with Gasteiger partial charge in [-0.25, -0.2) is 12.8 Å². The first-order chi connectivity index (χ1) is 15.8. The highest BCUT2D eigenvalue weighted by Crippen LogP contribution is 2.22. The molecule has 0 bridgehead atoms. The summed E-state index contributed by atoms with van der Waals surface area (Å²) in [5, 5.41) is 3.29. The predicted octanol–water partition coefficient (Wildman–Crippen LogP) is 4.21. The molecule has 0 aliphatic carbocycles. The van der Waals surface area contributed by atoms with Crippen LogP contribution in [0.15, 0.2) is 90.0 Å². The van der Waals surface area contributed by atoms with E-state index in [-0.39, 0.29) is 17.0 Å². The lowest BCUT2D eigenvalue weighted by molar-refractivity contribution is -0.117. The second-order valence-electron chi connectivity index (χ2n) is 7.65. The van der Waals surface area contributed by atoms with Crippen LogP contribution in [-0.4, -0.2) is 25.4 Å². The number of para-hydroxylation sites is 1. The standard InChI is InChI=1S/C25H22FN3O3S/c1-17-12-13-20(16-21(17)26)28-25(30)22(15-18-7-3-2-4-8-18)29-33(31,32)23-11-5-9-19-10-6-14-27-24(19)23/h2-14,16,22,29H,15H2,1H3,(H,28,30)/t22-/m0/s1. The summed E-state index contributed by atoms with van der Waals surface area (Å²) in [6.07, 6.45) is 1.62. The van der Waals surface area contributed by atoms with Crippen molar-refractivity contribution in [3.8, 4) is 0 Å². The van der Waals surface area contributed by atoms with Crippen molar-refractivity contribution >= 4 is 32.5 Å². The van der Waals surface area contributed by atoms with Crippen LogP contribution in [0, 0.1) is 12.7 Å². The molecule has 0 saturated heterocycles. The molecule has 168 valence electrons. The zero-order valence-electron chi connectivity index (χ0n) is 17.8. The van der Waals surface area contributed by atoms with Crippen molar-refractivity contribution in [2.75, 3.05) is 5.32 Å². The molecule has 3 aromatic carbocycles. The van der Waals surface area contributed by atoms with Gasteiger partial charge in [-0.3, -0.25) is 9.78 Å². The highest BCUT2D eigenvalue weighted by Gasteiger charge is 2.28. The highest BCUT2D eigenvalue weighted by atomic mass is 32.2. The summed E-state index contributed by atoms with van der Waals surface area (Å²) >= 11 is 0. The highest BCUT2D eigenvalue weighted by molar-refractivity contribution is 7.89. The van der Waals surface area contributed by atoms with Crippen molar-refractivity contribution in [2.24, 2.45) is 0 Å². The number of sulfonamides is 1. The van der Waals surface area contributed by atoms with Gasteiger partial charge in [0.1, 0.15) is 16.8 Å². The second kappa shape index (κ2) is 9.48. The number of aryl methyl sites for hydroxylation is 1. The third kappa shape index (κ3) is 5.24. The van der Waals surface area contributed by atoms with Gasteiger partial charge in [0, 0.05) is 17.3 Å². The van der Waals surface area contributed by atoms with E-state index in [0.29, 0.717) is 16.5 Å². The van der Waals surface area contributed by atoms with Crippen molar-refractivity contribution < 1.29 is 17.6 Å². The van der Waals surface area contributed by atoms with E-state index in [1.54, 1.807) is 55.5 Å². The molecule has 4 aromatic rings. The van der Waals surface area contributed by atoms with Gasteiger partial charge in [0.15, 0.2) is 0 Å². The van der Waals surface area contributed by atoms with E-state index in [1.165, 1.54) is 18.3 Å². The van der Waals surface area contributed by atoms with Gasteiger partial charge in [-0.1, -0.05) is 54.6 Å². The summed E-state index contributed by atoms with van der Waals surface area (Å²) in [6.45, 7) is 1.62. The van der Waals surface area contributed by atoms with Gasteiger partial charge in [-0.05, 0) is 48.7 Å². The van der Waals surface area contributed by atoms with E-state index in [1.807, 2.05) is 18.2 Å². The summed E-state index contributed by atoms with van der Waals surface area (Å²) in [4.78, 5) is 17.3. The van der Waals surface area contributed by atoms with E-state index in [9.17, 15) is 17.6 Å². The van der Waals surface area contributed by atoms with Crippen LogP contribution in [0.4, 0.5) is 10.1 Å². The molecule has 8 heteroatoms. The predicted molar refractivity (Wildman–Crippen MR) is 126 cm³/mol.